The van der Waals surface area contributed by atoms with Crippen LogP contribution in [0.25, 0.3) is 0 Å². The van der Waals surface area contributed by atoms with Crippen LogP contribution in [0.5, 0.6) is 0 Å². The van der Waals surface area contributed by atoms with Gasteiger partial charge in [0.2, 0.25) is 0 Å². The third-order valence-corrected chi connectivity index (χ3v) is 11.7. The van der Waals surface area contributed by atoms with Crippen LogP contribution < -0.4 is 0 Å². The summed E-state index contributed by atoms with van der Waals surface area (Å²) in [4.78, 5) is 35.6. The van der Waals surface area contributed by atoms with Crippen molar-refractivity contribution in [2.45, 2.75) is 174 Å². The monoisotopic (exact) mass is 1040 g/mol. The molecular formula is C64H101NO8P+. The van der Waals surface area contributed by atoms with Gasteiger partial charge in [-0.3, -0.25) is 18.6 Å². The second-order valence-electron chi connectivity index (χ2n) is 18.8. The highest BCUT2D eigenvalue weighted by molar-refractivity contribution is 7.47. The average molecular weight is 1040 g/mol. The number of carbonyl (C=O) groups excluding carboxylic acids is 2. The Labute approximate surface area is 451 Å². The van der Waals surface area contributed by atoms with Crippen molar-refractivity contribution in [2.75, 3.05) is 47.5 Å². The fourth-order valence-corrected chi connectivity index (χ4v) is 7.24. The molecule has 0 bridgehead atoms. The van der Waals surface area contributed by atoms with Crippen molar-refractivity contribution in [3.05, 3.63) is 170 Å². The van der Waals surface area contributed by atoms with E-state index in [9.17, 15) is 19.0 Å². The highest BCUT2D eigenvalue weighted by Crippen LogP contribution is 2.43. The molecule has 414 valence electrons. The molecule has 2 atom stereocenters. The van der Waals surface area contributed by atoms with Gasteiger partial charge in [-0.05, 0) is 128 Å². The average Bonchev–Trinajstić information content (AvgIpc) is 3.36. The maximum absolute atomic E-state index is 12.8. The Morgan fingerprint density at radius 1 is 0.419 bits per heavy atom. The lowest BCUT2D eigenvalue weighted by molar-refractivity contribution is -0.870. The number of allylic oxidation sites excluding steroid dienone is 28. The minimum atomic E-state index is -4.41. The normalized spacial score (nSPS) is 14.6. The van der Waals surface area contributed by atoms with Crippen LogP contribution in [0.15, 0.2) is 170 Å². The zero-order valence-electron chi connectivity index (χ0n) is 46.7. The van der Waals surface area contributed by atoms with E-state index in [4.69, 9.17) is 18.5 Å². The number of quaternary nitrogens is 1. The van der Waals surface area contributed by atoms with Crippen LogP contribution in [0.2, 0.25) is 0 Å². The number of ether oxygens (including phenoxy) is 2. The van der Waals surface area contributed by atoms with Gasteiger partial charge < -0.3 is 18.9 Å². The lowest BCUT2D eigenvalue weighted by Gasteiger charge is -2.24. The van der Waals surface area contributed by atoms with Crippen molar-refractivity contribution >= 4 is 19.8 Å². The molecule has 0 aliphatic rings. The van der Waals surface area contributed by atoms with E-state index in [0.717, 1.165) is 128 Å². The summed E-state index contributed by atoms with van der Waals surface area (Å²) < 4.78 is 34.4. The minimum Gasteiger partial charge on any atom is -0.462 e. The number of hydrogen-bond donors (Lipinski definition) is 1. The van der Waals surface area contributed by atoms with Gasteiger partial charge in [0.15, 0.2) is 6.10 Å². The molecule has 0 rings (SSSR count). The van der Waals surface area contributed by atoms with Crippen LogP contribution in [0, 0.1) is 0 Å². The van der Waals surface area contributed by atoms with Gasteiger partial charge in [-0.1, -0.05) is 197 Å². The van der Waals surface area contributed by atoms with Gasteiger partial charge in [0.1, 0.15) is 19.8 Å². The molecule has 0 fully saturated rings. The Morgan fingerprint density at radius 3 is 1.09 bits per heavy atom. The van der Waals surface area contributed by atoms with E-state index >= 15 is 0 Å². The smallest absolute Gasteiger partial charge is 0.462 e. The van der Waals surface area contributed by atoms with Crippen molar-refractivity contribution in [3.63, 3.8) is 0 Å². The van der Waals surface area contributed by atoms with E-state index in [1.54, 1.807) is 0 Å². The van der Waals surface area contributed by atoms with Crippen LogP contribution >= 0.6 is 7.82 Å². The molecule has 0 saturated carbocycles. The molecule has 0 spiro atoms. The summed E-state index contributed by atoms with van der Waals surface area (Å²) in [7, 11) is 1.40. The fraction of sp³-hybridized carbons (Fsp3) is 0.531. The Hall–Kier alpha value is -4.63. The molecule has 0 heterocycles. The first-order valence-electron chi connectivity index (χ1n) is 27.9. The summed E-state index contributed by atoms with van der Waals surface area (Å²) in [5.41, 5.74) is 0. The predicted molar refractivity (Wildman–Crippen MR) is 316 cm³/mol. The fourth-order valence-electron chi connectivity index (χ4n) is 6.50. The summed E-state index contributed by atoms with van der Waals surface area (Å²) in [5, 5.41) is 0. The van der Waals surface area contributed by atoms with Gasteiger partial charge in [0.25, 0.3) is 0 Å². The summed E-state index contributed by atoms with van der Waals surface area (Å²) in [6.07, 6.45) is 81.5. The number of nitrogens with zero attached hydrogens (tertiary/aromatic N) is 1. The van der Waals surface area contributed by atoms with Crippen LogP contribution in [0.4, 0.5) is 0 Å². The number of unbranched alkanes of at least 4 members (excludes halogenated alkanes) is 6. The van der Waals surface area contributed by atoms with E-state index in [-0.39, 0.29) is 26.1 Å². The minimum absolute atomic E-state index is 0.00900. The molecule has 0 saturated heterocycles. The Kier molecular flexibility index (Phi) is 49.9. The van der Waals surface area contributed by atoms with Crippen LogP contribution in [-0.4, -0.2) is 74.9 Å². The predicted octanol–water partition coefficient (Wildman–Crippen LogP) is 17.5. The van der Waals surface area contributed by atoms with Crippen molar-refractivity contribution < 1.29 is 42.1 Å². The molecule has 9 nitrogen and oxygen atoms in total. The van der Waals surface area contributed by atoms with Gasteiger partial charge in [-0.15, -0.1) is 0 Å². The summed E-state index contributed by atoms with van der Waals surface area (Å²) in [6.45, 7) is 4.08. The van der Waals surface area contributed by atoms with Gasteiger partial charge in [-0.2, -0.15) is 0 Å². The standard InChI is InChI=1S/C64H100NO8P/c1-6-8-10-12-14-16-18-20-22-23-24-25-26-27-28-29-30-31-32-33-34-35-36-37-38-39-40-41-43-45-47-49-51-53-55-57-64(67)73-62(61-72-74(68,69)71-59-58-65(3,4)5)60-70-63(66)56-54-52-50-48-46-44-42-21-19-17-15-13-11-9-7-2/h8-11,14-17,20-22,24-25,27-28,30-31,33-34,36-37,39-40,42-43,45-46,48,62H,6-7,12-13,18-19,23,26,29,32,35,38,41,44,47,49-61H2,1-5H3/p+1/b10-8-,11-9-,16-14-,17-15-,22-20-,25-24-,28-27-,31-30-,34-33-,37-36-,40-39-,42-21-,45-43-,48-46-. The molecule has 0 aromatic rings. The number of phosphoric ester groups is 1. The van der Waals surface area contributed by atoms with Gasteiger partial charge in [-0.25, -0.2) is 4.57 Å². The lowest BCUT2D eigenvalue weighted by Crippen LogP contribution is -2.37. The molecular weight excluding hydrogens is 942 g/mol. The number of phosphoric acid groups is 1. The van der Waals surface area contributed by atoms with Crippen LogP contribution in [0.3, 0.4) is 0 Å². The molecule has 2 unspecified atom stereocenters. The number of carbonyl (C=O) groups is 2. The molecule has 0 radical (unpaired) electrons. The van der Waals surface area contributed by atoms with E-state index < -0.39 is 32.5 Å². The first-order chi connectivity index (χ1) is 36.0. The largest absolute Gasteiger partial charge is 0.472 e. The third-order valence-electron chi connectivity index (χ3n) is 10.7. The van der Waals surface area contributed by atoms with E-state index in [0.29, 0.717) is 23.9 Å². The number of likely N-dealkylation sites (N-methyl/N-ethyl adjacent to an activating group) is 1. The highest BCUT2D eigenvalue weighted by Gasteiger charge is 2.27. The van der Waals surface area contributed by atoms with Gasteiger partial charge in [0, 0.05) is 12.8 Å². The summed E-state index contributed by atoms with van der Waals surface area (Å²) in [6, 6.07) is 0. The molecule has 0 amide bonds. The van der Waals surface area contributed by atoms with Gasteiger partial charge in [0.05, 0.1) is 27.7 Å². The molecule has 10 heteroatoms. The molecule has 0 aliphatic heterocycles. The topological polar surface area (TPSA) is 108 Å². The van der Waals surface area contributed by atoms with Crippen molar-refractivity contribution in [3.8, 4) is 0 Å². The number of hydrogen-bond acceptors (Lipinski definition) is 7. The molecule has 0 aromatic carbocycles. The van der Waals surface area contributed by atoms with Crippen molar-refractivity contribution in [2.24, 2.45) is 0 Å². The van der Waals surface area contributed by atoms with E-state index in [1.165, 1.54) is 0 Å². The van der Waals surface area contributed by atoms with Crippen LogP contribution in [0.1, 0.15) is 168 Å². The first-order valence-corrected chi connectivity index (χ1v) is 29.4. The number of rotatable bonds is 48. The maximum Gasteiger partial charge on any atom is 0.472 e. The SMILES string of the molecule is CC/C=C\C/C=C\C/C=C\C/C=C\C/C=C\C/C=C\C/C=C\C/C=C\C/C=C\C/C=C\CCCCCCC(=O)OC(COC(=O)CCCC/C=C\C/C=C\C/C=C\C/C=C\CC)COP(=O)(O)OCC[N+](C)(C)C. The summed E-state index contributed by atoms with van der Waals surface area (Å²) >= 11 is 0. The quantitative estimate of drug-likeness (QED) is 0.0211. The van der Waals surface area contributed by atoms with Crippen molar-refractivity contribution in [1.29, 1.82) is 0 Å². The first kappa shape index (κ1) is 69.4. The number of esters is 2. The second-order valence-corrected chi connectivity index (χ2v) is 20.3. The highest BCUT2D eigenvalue weighted by atomic mass is 31.2. The lowest BCUT2D eigenvalue weighted by atomic mass is 10.1. The van der Waals surface area contributed by atoms with E-state index in [1.807, 2.05) is 21.1 Å². The molecule has 0 aliphatic carbocycles. The van der Waals surface area contributed by atoms with Gasteiger partial charge >= 0.3 is 19.8 Å². The Morgan fingerprint density at radius 2 is 0.730 bits per heavy atom. The Balaban J connectivity index is 4.30. The zero-order chi connectivity index (χ0) is 54.2. The second kappa shape index (κ2) is 53.2. The van der Waals surface area contributed by atoms with E-state index in [2.05, 4.69) is 184 Å². The molecule has 1 N–H and O–H groups in total. The molecule has 0 aromatic heterocycles. The van der Waals surface area contributed by atoms with Crippen LogP contribution in [-0.2, 0) is 32.7 Å². The zero-order valence-corrected chi connectivity index (χ0v) is 47.6. The third kappa shape index (κ3) is 56.7. The van der Waals surface area contributed by atoms with Crippen molar-refractivity contribution in [1.82, 2.24) is 0 Å². The molecule has 74 heavy (non-hydrogen) atoms. The maximum atomic E-state index is 12.8. The Bertz CT molecular complexity index is 1850. The summed E-state index contributed by atoms with van der Waals surface area (Å²) in [5.74, 6) is -0.894.